The van der Waals surface area contributed by atoms with E-state index in [1.807, 2.05) is 0 Å². The van der Waals surface area contributed by atoms with Crippen LogP contribution in [0.1, 0.15) is 39.5 Å². The van der Waals surface area contributed by atoms with Crippen molar-refractivity contribution in [1.29, 1.82) is 5.26 Å². The van der Waals surface area contributed by atoms with Crippen molar-refractivity contribution in [3.63, 3.8) is 0 Å². The molecule has 1 aliphatic rings. The van der Waals surface area contributed by atoms with Crippen LogP contribution in [0.3, 0.4) is 0 Å². The van der Waals surface area contributed by atoms with Gasteiger partial charge < -0.3 is 5.11 Å². The highest BCUT2D eigenvalue weighted by molar-refractivity contribution is 5.12. The van der Waals surface area contributed by atoms with Gasteiger partial charge in [-0.2, -0.15) is 5.26 Å². The summed E-state index contributed by atoms with van der Waals surface area (Å²) in [5.41, 5.74) is -0.346. The summed E-state index contributed by atoms with van der Waals surface area (Å²) in [6, 6.07) is 2.45. The van der Waals surface area contributed by atoms with Gasteiger partial charge in [0, 0.05) is 6.61 Å². The second kappa shape index (κ2) is 5.48. The lowest BCUT2D eigenvalue weighted by molar-refractivity contribution is 0.168. The number of hydrogen-bond donors (Lipinski definition) is 2. The maximum Gasteiger partial charge on any atom is 0.109 e. The smallest absolute Gasteiger partial charge is 0.109 e. The van der Waals surface area contributed by atoms with E-state index in [1.54, 1.807) is 0 Å². The summed E-state index contributed by atoms with van der Waals surface area (Å²) in [6.07, 6.45) is 3.92. The number of nitrogens with one attached hydrogen (secondary N) is 1. The van der Waals surface area contributed by atoms with Crippen molar-refractivity contribution in [2.24, 2.45) is 11.8 Å². The van der Waals surface area contributed by atoms with E-state index in [-0.39, 0.29) is 12.1 Å². The van der Waals surface area contributed by atoms with E-state index in [0.717, 1.165) is 38.1 Å². The zero-order valence-corrected chi connectivity index (χ0v) is 9.79. The second-order valence-corrected chi connectivity index (χ2v) is 4.87. The zero-order chi connectivity index (χ0) is 11.3. The molecule has 0 radical (unpaired) electrons. The summed E-state index contributed by atoms with van der Waals surface area (Å²) < 4.78 is 0. The summed E-state index contributed by atoms with van der Waals surface area (Å²) in [4.78, 5) is 0. The van der Waals surface area contributed by atoms with E-state index in [9.17, 15) is 5.26 Å². The first-order chi connectivity index (χ1) is 7.14. The van der Waals surface area contributed by atoms with Crippen molar-refractivity contribution in [3.8, 4) is 6.07 Å². The van der Waals surface area contributed by atoms with Crippen LogP contribution in [0.2, 0.25) is 0 Å². The Kier molecular flexibility index (Phi) is 4.56. The Hall–Kier alpha value is -0.590. The van der Waals surface area contributed by atoms with Crippen LogP contribution in [-0.2, 0) is 0 Å². The molecular formula is C12H22N2O. The number of nitrogens with zero attached hydrogens (tertiary/aromatic N) is 1. The van der Waals surface area contributed by atoms with E-state index in [0.29, 0.717) is 5.92 Å². The number of nitriles is 1. The Morgan fingerprint density at radius 3 is 2.80 bits per heavy atom. The maximum absolute atomic E-state index is 9.32. The quantitative estimate of drug-likeness (QED) is 0.694. The maximum atomic E-state index is 9.32. The van der Waals surface area contributed by atoms with Gasteiger partial charge >= 0.3 is 0 Å². The third-order valence-electron chi connectivity index (χ3n) is 3.60. The molecule has 1 aliphatic carbocycles. The van der Waals surface area contributed by atoms with Gasteiger partial charge in [0.05, 0.1) is 6.07 Å². The van der Waals surface area contributed by atoms with E-state index in [1.165, 1.54) is 0 Å². The first-order valence-corrected chi connectivity index (χ1v) is 5.92. The number of hydrogen-bond acceptors (Lipinski definition) is 3. The van der Waals surface area contributed by atoms with Crippen molar-refractivity contribution in [2.45, 2.75) is 45.1 Å². The van der Waals surface area contributed by atoms with Gasteiger partial charge in [-0.15, -0.1) is 0 Å². The molecule has 3 unspecified atom stereocenters. The summed E-state index contributed by atoms with van der Waals surface area (Å²) in [5, 5.41) is 21.4. The average molecular weight is 210 g/mol. The van der Waals surface area contributed by atoms with Gasteiger partial charge in [0.25, 0.3) is 0 Å². The Morgan fingerprint density at radius 1 is 1.53 bits per heavy atom. The fraction of sp³-hybridized carbons (Fsp3) is 0.917. The summed E-state index contributed by atoms with van der Waals surface area (Å²) >= 11 is 0. The van der Waals surface area contributed by atoms with E-state index in [4.69, 9.17) is 5.11 Å². The average Bonchev–Trinajstić information content (AvgIpc) is 2.22. The highest BCUT2D eigenvalue weighted by atomic mass is 16.3. The Bertz CT molecular complexity index is 236. The van der Waals surface area contributed by atoms with E-state index < -0.39 is 0 Å². The van der Waals surface area contributed by atoms with Crippen LogP contribution in [0.25, 0.3) is 0 Å². The second-order valence-electron chi connectivity index (χ2n) is 4.87. The monoisotopic (exact) mass is 210 g/mol. The zero-order valence-electron chi connectivity index (χ0n) is 9.79. The van der Waals surface area contributed by atoms with Crippen LogP contribution in [0.15, 0.2) is 0 Å². The molecule has 1 fully saturated rings. The van der Waals surface area contributed by atoms with Gasteiger partial charge in [-0.3, -0.25) is 5.32 Å². The van der Waals surface area contributed by atoms with Crippen LogP contribution < -0.4 is 5.32 Å². The summed E-state index contributed by atoms with van der Waals surface area (Å²) in [5.74, 6) is 1.14. The largest absolute Gasteiger partial charge is 0.396 e. The molecule has 0 spiro atoms. The molecule has 1 rings (SSSR count). The topological polar surface area (TPSA) is 56.0 Å². The first-order valence-electron chi connectivity index (χ1n) is 5.92. The normalized spacial score (nSPS) is 36.1. The SMILES string of the molecule is CC1CCC(C#N)(NCCCO)C(C)C1. The predicted molar refractivity (Wildman–Crippen MR) is 60.2 cm³/mol. The molecule has 86 valence electrons. The van der Waals surface area contributed by atoms with Crippen LogP contribution in [0.5, 0.6) is 0 Å². The Balaban J connectivity index is 2.55. The van der Waals surface area contributed by atoms with Gasteiger partial charge in [0.15, 0.2) is 0 Å². The van der Waals surface area contributed by atoms with Crippen LogP contribution in [0.4, 0.5) is 0 Å². The molecule has 0 amide bonds. The van der Waals surface area contributed by atoms with Crippen molar-refractivity contribution in [2.75, 3.05) is 13.2 Å². The molecule has 0 heterocycles. The van der Waals surface area contributed by atoms with Crippen molar-refractivity contribution in [1.82, 2.24) is 5.32 Å². The summed E-state index contributed by atoms with van der Waals surface area (Å²) in [7, 11) is 0. The van der Waals surface area contributed by atoms with Crippen LogP contribution in [-0.4, -0.2) is 23.8 Å². The molecule has 0 aromatic rings. The van der Waals surface area contributed by atoms with Gasteiger partial charge in [-0.05, 0) is 44.1 Å². The van der Waals surface area contributed by atoms with Crippen molar-refractivity contribution >= 4 is 0 Å². The molecule has 0 saturated heterocycles. The van der Waals surface area contributed by atoms with Crippen LogP contribution >= 0.6 is 0 Å². The van der Waals surface area contributed by atoms with Gasteiger partial charge in [0.2, 0.25) is 0 Å². The van der Waals surface area contributed by atoms with Gasteiger partial charge in [0.1, 0.15) is 5.54 Å². The molecule has 3 heteroatoms. The Labute approximate surface area is 92.5 Å². The molecule has 0 aromatic carbocycles. The van der Waals surface area contributed by atoms with E-state index in [2.05, 4.69) is 25.2 Å². The lowest BCUT2D eigenvalue weighted by atomic mass is 9.70. The number of aliphatic hydroxyl groups excluding tert-OH is 1. The lowest BCUT2D eigenvalue weighted by Crippen LogP contribution is -2.52. The molecule has 0 aromatic heterocycles. The third-order valence-corrected chi connectivity index (χ3v) is 3.60. The fourth-order valence-electron chi connectivity index (χ4n) is 2.50. The molecular weight excluding hydrogens is 188 g/mol. The number of aliphatic hydroxyl groups is 1. The highest BCUT2D eigenvalue weighted by Gasteiger charge is 2.39. The lowest BCUT2D eigenvalue weighted by Gasteiger charge is -2.40. The summed E-state index contributed by atoms with van der Waals surface area (Å²) in [6.45, 7) is 5.35. The van der Waals surface area contributed by atoms with Crippen molar-refractivity contribution < 1.29 is 5.11 Å². The molecule has 0 bridgehead atoms. The Morgan fingerprint density at radius 2 is 2.27 bits per heavy atom. The van der Waals surface area contributed by atoms with Gasteiger partial charge in [-0.1, -0.05) is 13.8 Å². The molecule has 15 heavy (non-hydrogen) atoms. The molecule has 1 saturated carbocycles. The standard InChI is InChI=1S/C12H22N2O/c1-10-4-5-12(9-13,11(2)8-10)14-6-3-7-15/h10-11,14-15H,3-8H2,1-2H3. The molecule has 0 aliphatic heterocycles. The molecule has 2 N–H and O–H groups in total. The molecule has 3 atom stereocenters. The fourth-order valence-corrected chi connectivity index (χ4v) is 2.50. The van der Waals surface area contributed by atoms with Crippen LogP contribution in [0, 0.1) is 23.2 Å². The van der Waals surface area contributed by atoms with Crippen molar-refractivity contribution in [3.05, 3.63) is 0 Å². The molecule has 3 nitrogen and oxygen atoms in total. The minimum absolute atomic E-state index is 0.194. The number of rotatable bonds is 4. The van der Waals surface area contributed by atoms with Gasteiger partial charge in [-0.25, -0.2) is 0 Å². The minimum Gasteiger partial charge on any atom is -0.396 e. The minimum atomic E-state index is -0.346. The first kappa shape index (κ1) is 12.5. The third kappa shape index (κ3) is 2.93. The highest BCUT2D eigenvalue weighted by Crippen LogP contribution is 2.36. The predicted octanol–water partition coefficient (Wildman–Crippen LogP) is 1.68. The van der Waals surface area contributed by atoms with E-state index >= 15 is 0 Å².